The second-order valence-corrected chi connectivity index (χ2v) is 9.18. The lowest BCUT2D eigenvalue weighted by molar-refractivity contribution is 0.101. The van der Waals surface area contributed by atoms with E-state index >= 15 is 0 Å². The highest BCUT2D eigenvalue weighted by atomic mass is 35.5. The van der Waals surface area contributed by atoms with Crippen LogP contribution in [0, 0.1) is 6.92 Å². The zero-order valence-corrected chi connectivity index (χ0v) is 20.8. The standard InChI is InChI=1S/C26H28ClN5O4/c1-18-16-24(33)25(29-32(18)20-4-2-19(27)3-5-20)26(34)28-22-7-6-21(30-8-12-35-13-9-30)17-23(22)31-10-14-36-15-11-31/h2-7,16-17H,8-15H2,1H3,(H,28,34). The second kappa shape index (κ2) is 10.7. The molecular formula is C26H28ClN5O4. The number of hydrogen-bond donors (Lipinski definition) is 1. The Morgan fingerprint density at radius 3 is 2.17 bits per heavy atom. The average molecular weight is 510 g/mol. The molecule has 0 saturated carbocycles. The van der Waals surface area contributed by atoms with E-state index < -0.39 is 11.3 Å². The molecule has 3 aromatic rings. The van der Waals surface area contributed by atoms with Gasteiger partial charge >= 0.3 is 0 Å². The summed E-state index contributed by atoms with van der Waals surface area (Å²) >= 11 is 6.01. The van der Waals surface area contributed by atoms with E-state index in [9.17, 15) is 9.59 Å². The summed E-state index contributed by atoms with van der Waals surface area (Å²) in [4.78, 5) is 30.5. The van der Waals surface area contributed by atoms with Crippen LogP contribution in [0.5, 0.6) is 0 Å². The van der Waals surface area contributed by atoms with Crippen LogP contribution in [-0.2, 0) is 9.47 Å². The van der Waals surface area contributed by atoms with Crippen LogP contribution in [0.15, 0.2) is 53.3 Å². The average Bonchev–Trinajstić information content (AvgIpc) is 2.90. The van der Waals surface area contributed by atoms with E-state index in [1.807, 2.05) is 12.1 Å². The summed E-state index contributed by atoms with van der Waals surface area (Å²) in [7, 11) is 0. The third kappa shape index (κ3) is 5.23. The first-order valence-corrected chi connectivity index (χ1v) is 12.3. The number of nitrogens with one attached hydrogen (secondary N) is 1. The Morgan fingerprint density at radius 1 is 0.889 bits per heavy atom. The molecule has 0 unspecified atom stereocenters. The number of aryl methyl sites for hydroxylation is 1. The number of anilines is 3. The number of carbonyl (C=O) groups is 1. The molecule has 1 N–H and O–H groups in total. The molecule has 5 rings (SSSR count). The van der Waals surface area contributed by atoms with E-state index in [4.69, 9.17) is 21.1 Å². The molecule has 0 radical (unpaired) electrons. The number of nitrogens with zero attached hydrogens (tertiary/aromatic N) is 4. The van der Waals surface area contributed by atoms with Gasteiger partial charge in [-0.25, -0.2) is 4.68 Å². The van der Waals surface area contributed by atoms with Gasteiger partial charge in [0.25, 0.3) is 5.91 Å². The Balaban J connectivity index is 1.47. The van der Waals surface area contributed by atoms with Gasteiger partial charge in [0.2, 0.25) is 5.43 Å². The molecule has 0 aliphatic carbocycles. The van der Waals surface area contributed by atoms with Crippen LogP contribution in [0.1, 0.15) is 16.2 Å². The minimum absolute atomic E-state index is 0.180. The molecule has 36 heavy (non-hydrogen) atoms. The summed E-state index contributed by atoms with van der Waals surface area (Å²) in [6, 6.07) is 14.4. The summed E-state index contributed by atoms with van der Waals surface area (Å²) in [5, 5.41) is 7.92. The van der Waals surface area contributed by atoms with Crippen LogP contribution in [-0.4, -0.2) is 68.3 Å². The molecule has 9 nitrogen and oxygen atoms in total. The largest absolute Gasteiger partial charge is 0.378 e. The Bertz CT molecular complexity index is 1300. The van der Waals surface area contributed by atoms with Crippen molar-refractivity contribution in [2.24, 2.45) is 0 Å². The van der Waals surface area contributed by atoms with E-state index in [-0.39, 0.29) is 5.69 Å². The topological polar surface area (TPSA) is 88.9 Å². The second-order valence-electron chi connectivity index (χ2n) is 8.74. The van der Waals surface area contributed by atoms with Gasteiger partial charge in [-0.05, 0) is 49.4 Å². The SMILES string of the molecule is Cc1cc(=O)c(C(=O)Nc2ccc(N3CCOCC3)cc2N2CCOCC2)nn1-c1ccc(Cl)cc1. The fourth-order valence-corrected chi connectivity index (χ4v) is 4.57. The van der Waals surface area contributed by atoms with Crippen LogP contribution >= 0.6 is 11.6 Å². The highest BCUT2D eigenvalue weighted by molar-refractivity contribution is 6.30. The monoisotopic (exact) mass is 509 g/mol. The van der Waals surface area contributed by atoms with E-state index in [2.05, 4.69) is 26.3 Å². The highest BCUT2D eigenvalue weighted by Crippen LogP contribution is 2.32. The number of hydrogen-bond acceptors (Lipinski definition) is 7. The van der Waals surface area contributed by atoms with Gasteiger partial charge in [0.1, 0.15) is 0 Å². The zero-order valence-electron chi connectivity index (χ0n) is 20.1. The zero-order chi connectivity index (χ0) is 25.1. The van der Waals surface area contributed by atoms with Gasteiger partial charge in [-0.15, -0.1) is 0 Å². The molecule has 1 aromatic heterocycles. The first-order chi connectivity index (χ1) is 17.5. The number of halogens is 1. The molecule has 3 heterocycles. The maximum Gasteiger partial charge on any atom is 0.280 e. The van der Waals surface area contributed by atoms with Gasteiger partial charge in [0.15, 0.2) is 5.69 Å². The predicted molar refractivity (Wildman–Crippen MR) is 140 cm³/mol. The normalized spacial score (nSPS) is 16.2. The van der Waals surface area contributed by atoms with Gasteiger partial charge in [-0.2, -0.15) is 5.10 Å². The van der Waals surface area contributed by atoms with E-state index in [1.54, 1.807) is 35.9 Å². The number of benzene rings is 2. The number of rotatable bonds is 5. The minimum Gasteiger partial charge on any atom is -0.378 e. The van der Waals surface area contributed by atoms with Crippen LogP contribution in [0.4, 0.5) is 17.1 Å². The van der Waals surface area contributed by atoms with Gasteiger partial charge in [-0.1, -0.05) is 11.6 Å². The van der Waals surface area contributed by atoms with Gasteiger partial charge in [0, 0.05) is 48.6 Å². The van der Waals surface area contributed by atoms with Crippen molar-refractivity contribution in [1.29, 1.82) is 0 Å². The van der Waals surface area contributed by atoms with Crippen LogP contribution in [0.25, 0.3) is 5.69 Å². The number of ether oxygens (including phenoxy) is 2. The van der Waals surface area contributed by atoms with Crippen molar-refractivity contribution in [3.8, 4) is 5.69 Å². The fraction of sp³-hybridized carbons (Fsp3) is 0.346. The summed E-state index contributed by atoms with van der Waals surface area (Å²) < 4.78 is 12.6. The summed E-state index contributed by atoms with van der Waals surface area (Å²) in [6.45, 7) is 7.40. The lowest BCUT2D eigenvalue weighted by atomic mass is 10.1. The number of morpholine rings is 2. The first kappa shape index (κ1) is 24.3. The summed E-state index contributed by atoms with van der Waals surface area (Å²) in [6.07, 6.45) is 0. The van der Waals surface area contributed by atoms with Crippen molar-refractivity contribution in [2.75, 3.05) is 67.7 Å². The van der Waals surface area contributed by atoms with Crippen LogP contribution in [0.2, 0.25) is 5.02 Å². The van der Waals surface area contributed by atoms with Crippen LogP contribution in [0.3, 0.4) is 0 Å². The van der Waals surface area contributed by atoms with Crippen molar-refractivity contribution >= 4 is 34.6 Å². The van der Waals surface area contributed by atoms with Crippen LogP contribution < -0.4 is 20.5 Å². The molecule has 2 saturated heterocycles. The lowest BCUT2D eigenvalue weighted by Gasteiger charge is -2.33. The fourth-order valence-electron chi connectivity index (χ4n) is 4.44. The maximum atomic E-state index is 13.3. The minimum atomic E-state index is -0.559. The molecule has 188 valence electrons. The van der Waals surface area contributed by atoms with E-state index in [0.717, 1.165) is 24.5 Å². The maximum absolute atomic E-state index is 13.3. The van der Waals surface area contributed by atoms with Crippen molar-refractivity contribution in [3.63, 3.8) is 0 Å². The number of amides is 1. The molecule has 0 spiro atoms. The molecule has 10 heteroatoms. The third-order valence-electron chi connectivity index (χ3n) is 6.35. The lowest BCUT2D eigenvalue weighted by Crippen LogP contribution is -2.38. The molecule has 2 aliphatic rings. The molecule has 2 aliphatic heterocycles. The molecule has 2 aromatic carbocycles. The van der Waals surface area contributed by atoms with Crippen molar-refractivity contribution in [1.82, 2.24) is 9.78 Å². The van der Waals surface area contributed by atoms with Gasteiger partial charge < -0.3 is 24.6 Å². The number of carbonyl (C=O) groups excluding carboxylic acids is 1. The van der Waals surface area contributed by atoms with Crippen molar-refractivity contribution in [3.05, 3.63) is 75.2 Å². The quantitative estimate of drug-likeness (QED) is 0.565. The van der Waals surface area contributed by atoms with Gasteiger partial charge in [0.05, 0.1) is 43.5 Å². The molecular weight excluding hydrogens is 482 g/mol. The Kier molecular flexibility index (Phi) is 7.22. The third-order valence-corrected chi connectivity index (χ3v) is 6.60. The highest BCUT2D eigenvalue weighted by Gasteiger charge is 2.22. The Morgan fingerprint density at radius 2 is 1.50 bits per heavy atom. The van der Waals surface area contributed by atoms with Crippen molar-refractivity contribution in [2.45, 2.75) is 6.92 Å². The van der Waals surface area contributed by atoms with Crippen molar-refractivity contribution < 1.29 is 14.3 Å². The molecule has 2 fully saturated rings. The smallest absolute Gasteiger partial charge is 0.280 e. The predicted octanol–water partition coefficient (Wildman–Crippen LogP) is 3.12. The summed E-state index contributed by atoms with van der Waals surface area (Å²) in [5.74, 6) is -0.559. The van der Waals surface area contributed by atoms with E-state index in [1.165, 1.54) is 6.07 Å². The first-order valence-electron chi connectivity index (χ1n) is 12.0. The molecule has 0 atom stereocenters. The number of aromatic nitrogens is 2. The Hall–Kier alpha value is -3.40. The Labute approximate surface area is 214 Å². The molecule has 1 amide bonds. The van der Waals surface area contributed by atoms with E-state index in [0.29, 0.717) is 61.6 Å². The molecule has 0 bridgehead atoms. The summed E-state index contributed by atoms with van der Waals surface area (Å²) in [5.41, 5.74) is 3.28. The van der Waals surface area contributed by atoms with Gasteiger partial charge in [-0.3, -0.25) is 9.59 Å².